The molecular formula is C17H14FN5O4S. The molecule has 0 saturated heterocycles. The highest BCUT2D eigenvalue weighted by Gasteiger charge is 2.19. The van der Waals surface area contributed by atoms with Gasteiger partial charge in [-0.05, 0) is 36.0 Å². The zero-order chi connectivity index (χ0) is 20.3. The van der Waals surface area contributed by atoms with E-state index in [0.29, 0.717) is 17.8 Å². The number of aromatic hydroxyl groups is 1. The molecule has 1 aromatic heterocycles. The first kappa shape index (κ1) is 19.2. The highest BCUT2D eigenvalue weighted by atomic mass is 32.1. The molecule has 144 valence electrons. The van der Waals surface area contributed by atoms with Crippen LogP contribution in [0.2, 0.25) is 0 Å². The van der Waals surface area contributed by atoms with Gasteiger partial charge in [-0.3, -0.25) is 15.2 Å². The van der Waals surface area contributed by atoms with E-state index < -0.39 is 16.4 Å². The molecule has 3 rings (SSSR count). The summed E-state index contributed by atoms with van der Waals surface area (Å²) in [6, 6.07) is 8.47. The van der Waals surface area contributed by atoms with Gasteiger partial charge in [0.2, 0.25) is 10.5 Å². The smallest absolute Gasteiger partial charge is 0.315 e. The van der Waals surface area contributed by atoms with E-state index in [1.54, 1.807) is 12.1 Å². The van der Waals surface area contributed by atoms with Gasteiger partial charge in [0.25, 0.3) is 0 Å². The minimum absolute atomic E-state index is 0.0574. The van der Waals surface area contributed by atoms with Crippen molar-refractivity contribution in [1.29, 1.82) is 0 Å². The summed E-state index contributed by atoms with van der Waals surface area (Å²) in [6.45, 7) is 0. The number of benzene rings is 2. The van der Waals surface area contributed by atoms with Crippen LogP contribution in [-0.2, 0) is 6.42 Å². The summed E-state index contributed by atoms with van der Waals surface area (Å²) in [6.07, 6.45) is 1.66. The predicted octanol–water partition coefficient (Wildman–Crippen LogP) is 3.18. The molecule has 0 aliphatic heterocycles. The van der Waals surface area contributed by atoms with Crippen molar-refractivity contribution in [2.24, 2.45) is 5.10 Å². The molecule has 2 N–H and O–H groups in total. The van der Waals surface area contributed by atoms with Crippen LogP contribution in [0.15, 0.2) is 41.5 Å². The van der Waals surface area contributed by atoms with Crippen molar-refractivity contribution in [1.82, 2.24) is 14.9 Å². The largest absolute Gasteiger partial charge is 0.500 e. The maximum absolute atomic E-state index is 13.1. The fraction of sp³-hybridized carbons (Fsp3) is 0.118. The molecule has 0 saturated carbocycles. The molecule has 0 spiro atoms. The van der Waals surface area contributed by atoms with Crippen LogP contribution in [0.4, 0.5) is 10.1 Å². The second kappa shape index (κ2) is 7.96. The molecule has 0 fully saturated rings. The number of rotatable bonds is 6. The summed E-state index contributed by atoms with van der Waals surface area (Å²) < 4.78 is 19.6. The normalized spacial score (nSPS) is 11.1. The van der Waals surface area contributed by atoms with E-state index in [9.17, 15) is 19.6 Å². The van der Waals surface area contributed by atoms with E-state index >= 15 is 0 Å². The topological polar surface area (TPSA) is 119 Å². The number of hydrogen-bond acceptors (Lipinski definition) is 7. The fourth-order valence-corrected chi connectivity index (χ4v) is 2.65. The van der Waals surface area contributed by atoms with Crippen LogP contribution < -0.4 is 4.74 Å². The van der Waals surface area contributed by atoms with Gasteiger partial charge in [-0.1, -0.05) is 12.1 Å². The molecule has 0 atom stereocenters. The van der Waals surface area contributed by atoms with Gasteiger partial charge in [0, 0.05) is 18.1 Å². The van der Waals surface area contributed by atoms with Gasteiger partial charge in [-0.25, -0.2) is 4.39 Å². The van der Waals surface area contributed by atoms with Crippen molar-refractivity contribution in [2.45, 2.75) is 6.42 Å². The summed E-state index contributed by atoms with van der Waals surface area (Å²) >= 11 is 5.16. The van der Waals surface area contributed by atoms with E-state index in [1.807, 2.05) is 0 Å². The lowest BCUT2D eigenvalue weighted by molar-refractivity contribution is -0.386. The minimum atomic E-state index is -0.724. The lowest BCUT2D eigenvalue weighted by Crippen LogP contribution is -2.01. The van der Waals surface area contributed by atoms with Gasteiger partial charge in [-0.2, -0.15) is 14.9 Å². The number of methoxy groups -OCH3 is 1. The van der Waals surface area contributed by atoms with Crippen LogP contribution in [0.5, 0.6) is 11.5 Å². The van der Waals surface area contributed by atoms with Gasteiger partial charge in [-0.15, -0.1) is 0 Å². The number of aromatic nitrogens is 3. The molecule has 2 aromatic carbocycles. The molecule has 1 heterocycles. The number of phenolic OH excluding ortho intramolecular Hbond substituents is 1. The Morgan fingerprint density at radius 3 is 2.79 bits per heavy atom. The second-order valence-electron chi connectivity index (χ2n) is 5.65. The molecule has 0 unspecified atom stereocenters. The minimum Gasteiger partial charge on any atom is -0.500 e. The van der Waals surface area contributed by atoms with Gasteiger partial charge in [0.15, 0.2) is 11.6 Å². The van der Waals surface area contributed by atoms with Crippen LogP contribution in [-0.4, -0.2) is 38.2 Å². The Morgan fingerprint density at radius 2 is 2.14 bits per heavy atom. The maximum Gasteiger partial charge on any atom is 0.315 e. The molecule has 3 aromatic rings. The third kappa shape index (κ3) is 4.04. The van der Waals surface area contributed by atoms with Crippen molar-refractivity contribution < 1.29 is 19.2 Å². The number of halogens is 1. The monoisotopic (exact) mass is 403 g/mol. The first-order valence-corrected chi connectivity index (χ1v) is 8.30. The lowest BCUT2D eigenvalue weighted by Gasteiger charge is -2.05. The van der Waals surface area contributed by atoms with Crippen molar-refractivity contribution in [3.8, 4) is 11.5 Å². The molecule has 9 nitrogen and oxygen atoms in total. The number of ether oxygens (including phenoxy) is 1. The summed E-state index contributed by atoms with van der Waals surface area (Å²) in [5.41, 5.74) is 0.606. The third-order valence-electron chi connectivity index (χ3n) is 3.81. The molecule has 0 bridgehead atoms. The van der Waals surface area contributed by atoms with Gasteiger partial charge in [0.1, 0.15) is 5.82 Å². The fourth-order valence-electron chi connectivity index (χ4n) is 2.45. The van der Waals surface area contributed by atoms with Crippen molar-refractivity contribution >= 4 is 24.1 Å². The van der Waals surface area contributed by atoms with Crippen LogP contribution in [0.3, 0.4) is 0 Å². The zero-order valence-electron chi connectivity index (χ0n) is 14.5. The van der Waals surface area contributed by atoms with Crippen LogP contribution in [0.1, 0.15) is 17.0 Å². The number of H-pyrrole nitrogens is 1. The average Bonchev–Trinajstić information content (AvgIpc) is 3.02. The summed E-state index contributed by atoms with van der Waals surface area (Å²) in [4.78, 5) is 10.4. The van der Waals surface area contributed by atoms with E-state index in [0.717, 1.165) is 11.6 Å². The van der Waals surface area contributed by atoms with E-state index in [4.69, 9.17) is 17.0 Å². The molecule has 0 aliphatic carbocycles. The van der Waals surface area contributed by atoms with Crippen molar-refractivity contribution in [2.75, 3.05) is 7.11 Å². The number of nitro groups is 1. The Balaban J connectivity index is 1.94. The standard InChI is InChI=1S/C17H14FN5O4S/c1-27-14-7-11(6-13(16(14)24)23(25)26)9-19-22-15(20-21-17(22)28)8-10-2-4-12(18)5-3-10/h2-7,9,24H,8H2,1H3,(H,21,28)/b19-9-. The molecule has 0 aliphatic rings. The van der Waals surface area contributed by atoms with Gasteiger partial charge >= 0.3 is 5.69 Å². The third-order valence-corrected chi connectivity index (χ3v) is 4.07. The van der Waals surface area contributed by atoms with E-state index in [2.05, 4.69) is 15.3 Å². The number of nitro benzene ring substituents is 1. The van der Waals surface area contributed by atoms with Crippen LogP contribution in [0.25, 0.3) is 0 Å². The Kier molecular flexibility index (Phi) is 5.45. The quantitative estimate of drug-likeness (QED) is 0.282. The van der Waals surface area contributed by atoms with Gasteiger partial charge < -0.3 is 9.84 Å². The highest BCUT2D eigenvalue weighted by Crippen LogP contribution is 2.36. The summed E-state index contributed by atoms with van der Waals surface area (Å²) in [7, 11) is 1.28. The predicted molar refractivity (Wildman–Crippen MR) is 101 cm³/mol. The Labute approximate surface area is 162 Å². The SMILES string of the molecule is COc1cc(/C=N\n2c(Cc3ccc(F)cc3)n[nH]c2=S)cc([N+](=O)[O-])c1O. The zero-order valence-corrected chi connectivity index (χ0v) is 15.3. The molecule has 28 heavy (non-hydrogen) atoms. The number of hydrogen-bond donors (Lipinski definition) is 2. The second-order valence-corrected chi connectivity index (χ2v) is 6.04. The summed E-state index contributed by atoms with van der Waals surface area (Å²) in [5, 5.41) is 31.9. The summed E-state index contributed by atoms with van der Waals surface area (Å²) in [5.74, 6) is -0.504. The Bertz CT molecular complexity index is 1110. The number of nitrogens with zero attached hydrogens (tertiary/aromatic N) is 4. The maximum atomic E-state index is 13.1. The molecule has 11 heteroatoms. The van der Waals surface area contributed by atoms with Crippen LogP contribution in [0, 0.1) is 20.7 Å². The van der Waals surface area contributed by atoms with Crippen molar-refractivity contribution in [3.05, 3.63) is 74.1 Å². The Hall–Kier alpha value is -3.60. The van der Waals surface area contributed by atoms with Gasteiger partial charge in [0.05, 0.1) is 18.2 Å². The molecular weight excluding hydrogens is 389 g/mol. The van der Waals surface area contributed by atoms with E-state index in [1.165, 1.54) is 36.2 Å². The van der Waals surface area contributed by atoms with Crippen molar-refractivity contribution in [3.63, 3.8) is 0 Å². The Morgan fingerprint density at radius 1 is 1.43 bits per heavy atom. The first-order valence-electron chi connectivity index (χ1n) is 7.89. The number of aromatic amines is 1. The molecule has 0 amide bonds. The lowest BCUT2D eigenvalue weighted by atomic mass is 10.1. The average molecular weight is 403 g/mol. The van der Waals surface area contributed by atoms with E-state index in [-0.39, 0.29) is 16.3 Å². The highest BCUT2D eigenvalue weighted by molar-refractivity contribution is 7.71. The first-order chi connectivity index (χ1) is 13.4. The molecule has 0 radical (unpaired) electrons. The number of nitrogens with one attached hydrogen (secondary N) is 1. The van der Waals surface area contributed by atoms with Crippen LogP contribution >= 0.6 is 12.2 Å². The number of phenols is 1.